The van der Waals surface area contributed by atoms with Gasteiger partial charge in [0.25, 0.3) is 0 Å². The lowest BCUT2D eigenvalue weighted by atomic mass is 10.1. The SMILES string of the molecule is BOC(=O)c1ccccc1CO. The van der Waals surface area contributed by atoms with Crippen LogP contribution in [0.25, 0.3) is 0 Å². The van der Waals surface area contributed by atoms with Crippen molar-refractivity contribution in [2.75, 3.05) is 0 Å². The quantitative estimate of drug-likeness (QED) is 0.620. The van der Waals surface area contributed by atoms with E-state index < -0.39 is 5.97 Å². The maximum atomic E-state index is 11.1. The van der Waals surface area contributed by atoms with Crippen molar-refractivity contribution in [3.05, 3.63) is 35.4 Å². The molecule has 0 aliphatic rings. The molecule has 1 aromatic carbocycles. The Balaban J connectivity index is 3.04. The van der Waals surface area contributed by atoms with Crippen molar-refractivity contribution in [1.82, 2.24) is 0 Å². The molecule has 0 heterocycles. The highest BCUT2D eigenvalue weighted by Gasteiger charge is 2.08. The third-order valence-electron chi connectivity index (χ3n) is 1.59. The first kappa shape index (κ1) is 8.81. The van der Waals surface area contributed by atoms with Gasteiger partial charge in [0.15, 0.2) is 0 Å². The van der Waals surface area contributed by atoms with E-state index in [1.54, 1.807) is 24.3 Å². The zero-order valence-electron chi connectivity index (χ0n) is 6.78. The summed E-state index contributed by atoms with van der Waals surface area (Å²) in [6.45, 7) is -0.148. The zero-order chi connectivity index (χ0) is 8.97. The molecule has 0 aliphatic carbocycles. The van der Waals surface area contributed by atoms with Crippen molar-refractivity contribution in [1.29, 1.82) is 0 Å². The summed E-state index contributed by atoms with van der Waals surface area (Å²) in [4.78, 5) is 11.1. The molecule has 4 heteroatoms. The van der Waals surface area contributed by atoms with E-state index in [1.807, 2.05) is 0 Å². The van der Waals surface area contributed by atoms with Crippen LogP contribution in [-0.4, -0.2) is 19.1 Å². The number of rotatable bonds is 2. The smallest absolute Gasteiger partial charge is 0.326 e. The molecule has 1 aromatic rings. The molecule has 0 saturated carbocycles. The molecule has 0 bridgehead atoms. The Morgan fingerprint density at radius 1 is 1.50 bits per heavy atom. The first-order valence-electron chi connectivity index (χ1n) is 3.56. The van der Waals surface area contributed by atoms with Crippen LogP contribution in [0.3, 0.4) is 0 Å². The third-order valence-corrected chi connectivity index (χ3v) is 1.59. The molecule has 3 nitrogen and oxygen atoms in total. The van der Waals surface area contributed by atoms with E-state index in [2.05, 4.69) is 4.65 Å². The molecule has 12 heavy (non-hydrogen) atoms. The molecule has 0 fully saturated rings. The summed E-state index contributed by atoms with van der Waals surface area (Å²) in [5.74, 6) is -0.417. The van der Waals surface area contributed by atoms with E-state index in [4.69, 9.17) is 5.11 Å². The molecule has 0 aliphatic heterocycles. The number of hydrogen-bond acceptors (Lipinski definition) is 3. The van der Waals surface area contributed by atoms with Gasteiger partial charge in [0.1, 0.15) is 0 Å². The van der Waals surface area contributed by atoms with E-state index in [9.17, 15) is 4.79 Å². The summed E-state index contributed by atoms with van der Waals surface area (Å²) in [6.07, 6.45) is 0. The lowest BCUT2D eigenvalue weighted by Gasteiger charge is -2.03. The van der Waals surface area contributed by atoms with Crippen molar-refractivity contribution in [2.24, 2.45) is 0 Å². The van der Waals surface area contributed by atoms with Gasteiger partial charge in [0.05, 0.1) is 12.2 Å². The number of hydrogen-bond donors (Lipinski definition) is 1. The predicted octanol–water partition coefficient (Wildman–Crippen LogP) is -0.116. The van der Waals surface area contributed by atoms with Crippen LogP contribution in [0.15, 0.2) is 24.3 Å². The normalized spacial score (nSPS) is 9.42. The summed E-state index contributed by atoms with van der Waals surface area (Å²) in [7, 11) is 1.32. The van der Waals surface area contributed by atoms with Crippen LogP contribution < -0.4 is 0 Å². The fourth-order valence-electron chi connectivity index (χ4n) is 0.967. The van der Waals surface area contributed by atoms with Crippen molar-refractivity contribution in [3.8, 4) is 0 Å². The fourth-order valence-corrected chi connectivity index (χ4v) is 0.967. The van der Waals surface area contributed by atoms with E-state index >= 15 is 0 Å². The average molecular weight is 164 g/mol. The summed E-state index contributed by atoms with van der Waals surface area (Å²) in [5.41, 5.74) is 1.01. The van der Waals surface area contributed by atoms with E-state index in [0.717, 1.165) is 0 Å². The van der Waals surface area contributed by atoms with E-state index in [0.29, 0.717) is 11.1 Å². The van der Waals surface area contributed by atoms with Crippen LogP contribution in [0.2, 0.25) is 0 Å². The van der Waals surface area contributed by atoms with Crippen LogP contribution in [0.4, 0.5) is 0 Å². The van der Waals surface area contributed by atoms with Crippen molar-refractivity contribution in [3.63, 3.8) is 0 Å². The first-order chi connectivity index (χ1) is 5.79. The molecule has 0 amide bonds. The molecule has 0 spiro atoms. The number of benzene rings is 1. The number of carbonyl (C=O) groups is 1. The molecule has 62 valence electrons. The van der Waals surface area contributed by atoms with Crippen LogP contribution in [0, 0.1) is 0 Å². The summed E-state index contributed by atoms with van der Waals surface area (Å²) in [6, 6.07) is 6.80. The Morgan fingerprint density at radius 2 is 2.17 bits per heavy atom. The van der Waals surface area contributed by atoms with Gasteiger partial charge in [-0.25, -0.2) is 4.79 Å². The summed E-state index contributed by atoms with van der Waals surface area (Å²) in [5, 5.41) is 8.86. The Kier molecular flexibility index (Phi) is 2.88. The lowest BCUT2D eigenvalue weighted by Crippen LogP contribution is -2.05. The second-order valence-corrected chi connectivity index (χ2v) is 2.31. The van der Waals surface area contributed by atoms with Gasteiger partial charge in [-0.3, -0.25) is 0 Å². The molecule has 1 rings (SSSR count). The highest BCUT2D eigenvalue weighted by Crippen LogP contribution is 2.09. The van der Waals surface area contributed by atoms with Crippen molar-refractivity contribution in [2.45, 2.75) is 6.61 Å². The standard InChI is InChI=1S/C8H9BO3/c9-12-8(11)7-4-2-1-3-6(7)5-10/h1-4,10H,5,9H2. The minimum atomic E-state index is -0.417. The maximum Gasteiger partial charge on any atom is 0.326 e. The van der Waals surface area contributed by atoms with Gasteiger partial charge in [-0.05, 0) is 11.6 Å². The fraction of sp³-hybridized carbons (Fsp3) is 0.125. The average Bonchev–Trinajstić information content (AvgIpc) is 2.16. The van der Waals surface area contributed by atoms with Gasteiger partial charge in [-0.15, -0.1) is 0 Å². The summed E-state index contributed by atoms with van der Waals surface area (Å²) >= 11 is 0. The molecule has 0 saturated heterocycles. The van der Waals surface area contributed by atoms with Crippen molar-refractivity contribution >= 4 is 14.0 Å². The second-order valence-electron chi connectivity index (χ2n) is 2.31. The molecule has 1 N–H and O–H groups in total. The van der Waals surface area contributed by atoms with Gasteiger partial charge in [0.2, 0.25) is 0 Å². The van der Waals surface area contributed by atoms with Crippen LogP contribution in [0.1, 0.15) is 15.9 Å². The van der Waals surface area contributed by atoms with Gasteiger partial charge in [-0.1, -0.05) is 18.2 Å². The van der Waals surface area contributed by atoms with Crippen LogP contribution in [-0.2, 0) is 11.3 Å². The molecular weight excluding hydrogens is 155 g/mol. The Bertz CT molecular complexity index is 285. The van der Waals surface area contributed by atoms with Gasteiger partial charge >= 0.3 is 14.0 Å². The van der Waals surface area contributed by atoms with Gasteiger partial charge < -0.3 is 9.76 Å². The largest absolute Gasteiger partial charge is 0.540 e. The van der Waals surface area contributed by atoms with Crippen LogP contribution >= 0.6 is 0 Å². The predicted molar refractivity (Wildman–Crippen MR) is 46.3 cm³/mol. The lowest BCUT2D eigenvalue weighted by molar-refractivity contribution is 0.0746. The third kappa shape index (κ3) is 1.65. The highest BCUT2D eigenvalue weighted by molar-refractivity contribution is 6.09. The Hall–Kier alpha value is -1.29. The molecule has 0 radical (unpaired) electrons. The molecule has 0 unspecified atom stereocenters. The maximum absolute atomic E-state index is 11.1. The van der Waals surface area contributed by atoms with E-state index in [-0.39, 0.29) is 6.61 Å². The molecule has 0 atom stereocenters. The number of aliphatic hydroxyl groups excluding tert-OH is 1. The second kappa shape index (κ2) is 3.92. The van der Waals surface area contributed by atoms with E-state index in [1.165, 1.54) is 8.05 Å². The molecular formula is C8H9BO3. The Morgan fingerprint density at radius 3 is 2.75 bits per heavy atom. The number of carbonyl (C=O) groups excluding carboxylic acids is 1. The zero-order valence-corrected chi connectivity index (χ0v) is 6.78. The monoisotopic (exact) mass is 164 g/mol. The highest BCUT2D eigenvalue weighted by atomic mass is 16.5. The number of aliphatic hydroxyl groups is 1. The first-order valence-corrected chi connectivity index (χ1v) is 3.56. The van der Waals surface area contributed by atoms with Crippen LogP contribution in [0.5, 0.6) is 0 Å². The van der Waals surface area contributed by atoms with Crippen molar-refractivity contribution < 1.29 is 14.6 Å². The minimum Gasteiger partial charge on any atom is -0.540 e. The topological polar surface area (TPSA) is 46.5 Å². The van der Waals surface area contributed by atoms with Gasteiger partial charge in [0, 0.05) is 0 Å². The minimum absolute atomic E-state index is 0.148. The molecule has 0 aromatic heterocycles. The Labute approximate surface area is 71.4 Å². The summed E-state index contributed by atoms with van der Waals surface area (Å²) < 4.78 is 4.53. The van der Waals surface area contributed by atoms with Gasteiger partial charge in [-0.2, -0.15) is 0 Å².